The van der Waals surface area contributed by atoms with E-state index < -0.39 is 30.5 Å². The summed E-state index contributed by atoms with van der Waals surface area (Å²) in [5.41, 5.74) is 0.984. The Bertz CT molecular complexity index is 980. The maximum atomic E-state index is 12.5. The number of benzene rings is 2. The summed E-state index contributed by atoms with van der Waals surface area (Å²) in [4.78, 5) is -0.859. The van der Waals surface area contributed by atoms with Crippen LogP contribution in [0.5, 0.6) is 5.75 Å². The number of sulfonamides is 1. The van der Waals surface area contributed by atoms with Gasteiger partial charge in [-0.2, -0.15) is 8.78 Å². The van der Waals surface area contributed by atoms with Gasteiger partial charge in [0.1, 0.15) is 11.9 Å². The fourth-order valence-corrected chi connectivity index (χ4v) is 4.35. The van der Waals surface area contributed by atoms with Gasteiger partial charge in [-0.1, -0.05) is 18.2 Å². The molecule has 0 saturated heterocycles. The van der Waals surface area contributed by atoms with Crippen LogP contribution in [0.1, 0.15) is 5.56 Å². The van der Waals surface area contributed by atoms with Crippen molar-refractivity contribution in [2.45, 2.75) is 28.1 Å². The molecule has 0 unspecified atom stereocenters. The van der Waals surface area contributed by atoms with E-state index in [0.717, 1.165) is 29.8 Å². The molecule has 2 aromatic carbocycles. The third-order valence-corrected chi connectivity index (χ3v) is 6.75. The van der Waals surface area contributed by atoms with E-state index in [2.05, 4.69) is 4.72 Å². The number of para-hydroxylation sites is 1. The second kappa shape index (κ2) is 6.93. The first-order chi connectivity index (χ1) is 12.2. The monoisotopic (exact) mass is 403 g/mol. The van der Waals surface area contributed by atoms with E-state index >= 15 is 0 Å². The van der Waals surface area contributed by atoms with Crippen molar-refractivity contribution < 1.29 is 30.4 Å². The molecule has 0 fully saturated rings. The lowest BCUT2D eigenvalue weighted by molar-refractivity contribution is 0.234. The van der Waals surface area contributed by atoms with Crippen LogP contribution in [0.4, 0.5) is 8.78 Å². The van der Waals surface area contributed by atoms with Gasteiger partial charge >= 0.3 is 5.76 Å². The zero-order valence-electron chi connectivity index (χ0n) is 13.3. The molecule has 0 bridgehead atoms. The van der Waals surface area contributed by atoms with Crippen LogP contribution in [0.25, 0.3) is 0 Å². The normalized spacial score (nSPS) is 17.1. The van der Waals surface area contributed by atoms with E-state index in [1.165, 1.54) is 0 Å². The van der Waals surface area contributed by atoms with Crippen molar-refractivity contribution in [1.29, 1.82) is 0 Å². The van der Waals surface area contributed by atoms with Crippen LogP contribution in [-0.4, -0.2) is 35.2 Å². The first-order valence-corrected chi connectivity index (χ1v) is 10.6. The Kier molecular flexibility index (Phi) is 5.00. The van der Waals surface area contributed by atoms with Crippen molar-refractivity contribution in [2.75, 3.05) is 6.54 Å². The minimum atomic E-state index is -4.76. The van der Waals surface area contributed by atoms with Crippen molar-refractivity contribution in [3.63, 3.8) is 0 Å². The number of ether oxygens (including phenoxy) is 1. The third-order valence-electron chi connectivity index (χ3n) is 3.91. The zero-order valence-corrected chi connectivity index (χ0v) is 14.9. The van der Waals surface area contributed by atoms with E-state index in [-0.39, 0.29) is 17.5 Å². The Balaban J connectivity index is 1.68. The molecule has 3 rings (SSSR count). The lowest BCUT2D eigenvalue weighted by Gasteiger charge is -2.12. The number of nitrogens with one attached hydrogen (secondary N) is 1. The van der Waals surface area contributed by atoms with Gasteiger partial charge in [-0.05, 0) is 35.9 Å². The molecule has 0 aromatic heterocycles. The Morgan fingerprint density at radius 3 is 2.23 bits per heavy atom. The predicted molar refractivity (Wildman–Crippen MR) is 89.4 cm³/mol. The largest absolute Gasteiger partial charge is 0.488 e. The smallest absolute Gasteiger partial charge is 0.341 e. The molecule has 0 aliphatic carbocycles. The molecule has 1 aliphatic heterocycles. The van der Waals surface area contributed by atoms with Gasteiger partial charge < -0.3 is 4.74 Å². The number of alkyl halides is 2. The Morgan fingerprint density at radius 2 is 1.62 bits per heavy atom. The average molecular weight is 403 g/mol. The average Bonchev–Trinajstić information content (AvgIpc) is 3.03. The summed E-state index contributed by atoms with van der Waals surface area (Å²) >= 11 is 0. The number of hydrogen-bond donors (Lipinski definition) is 1. The minimum absolute atomic E-state index is 0.0219. The summed E-state index contributed by atoms with van der Waals surface area (Å²) in [6.07, 6.45) is 0.199. The molecule has 6 nitrogen and oxygen atoms in total. The van der Waals surface area contributed by atoms with Crippen molar-refractivity contribution in [1.82, 2.24) is 4.72 Å². The summed E-state index contributed by atoms with van der Waals surface area (Å²) in [6.45, 7) is 0.0219. The van der Waals surface area contributed by atoms with Crippen LogP contribution >= 0.6 is 0 Å². The van der Waals surface area contributed by atoms with Crippen molar-refractivity contribution in [3.8, 4) is 5.75 Å². The van der Waals surface area contributed by atoms with Crippen LogP contribution < -0.4 is 9.46 Å². The highest BCUT2D eigenvalue weighted by atomic mass is 32.2. The SMILES string of the molecule is O=S(=O)(NC[C@@H]1Cc2ccccc2O1)c1ccc(S(=O)(=O)C(F)F)cc1. The van der Waals surface area contributed by atoms with Gasteiger partial charge in [0.15, 0.2) is 0 Å². The van der Waals surface area contributed by atoms with E-state index in [4.69, 9.17) is 4.74 Å². The molecule has 0 radical (unpaired) electrons. The van der Waals surface area contributed by atoms with Crippen molar-refractivity contribution in [2.24, 2.45) is 0 Å². The summed E-state index contributed by atoms with van der Waals surface area (Å²) in [5, 5.41) is 0. The summed E-state index contributed by atoms with van der Waals surface area (Å²) in [6, 6.07) is 11.0. The fourth-order valence-electron chi connectivity index (χ4n) is 2.57. The first-order valence-electron chi connectivity index (χ1n) is 7.56. The van der Waals surface area contributed by atoms with Gasteiger partial charge in [-0.15, -0.1) is 0 Å². The second-order valence-electron chi connectivity index (χ2n) is 5.68. The van der Waals surface area contributed by atoms with Crippen LogP contribution in [-0.2, 0) is 26.3 Å². The van der Waals surface area contributed by atoms with E-state index in [9.17, 15) is 25.6 Å². The summed E-state index contributed by atoms with van der Waals surface area (Å²) < 4.78 is 80.4. The topological polar surface area (TPSA) is 89.5 Å². The molecule has 0 amide bonds. The molecule has 1 atom stereocenters. The quantitative estimate of drug-likeness (QED) is 0.797. The Labute approximate surface area is 149 Å². The van der Waals surface area contributed by atoms with Crippen LogP contribution in [0.2, 0.25) is 0 Å². The molecule has 10 heteroatoms. The van der Waals surface area contributed by atoms with Gasteiger partial charge in [-0.3, -0.25) is 0 Å². The standard InChI is InChI=1S/C16H15F2NO5S2/c17-16(18)25(20,21)13-5-7-14(8-6-13)26(22,23)19-10-12-9-11-3-1-2-4-15(11)24-12/h1-8,12,16,19H,9-10H2/t12-/m0/s1. The Hall–Kier alpha value is -2.04. The summed E-state index contributed by atoms with van der Waals surface area (Å²) in [5.74, 6) is -2.86. The number of fused-ring (bicyclic) bond motifs is 1. The minimum Gasteiger partial charge on any atom is -0.488 e. The maximum absolute atomic E-state index is 12.5. The highest BCUT2D eigenvalue weighted by Gasteiger charge is 2.28. The van der Waals surface area contributed by atoms with Gasteiger partial charge in [0.05, 0.1) is 9.79 Å². The predicted octanol–water partition coefficient (Wildman–Crippen LogP) is 1.96. The molecule has 140 valence electrons. The fraction of sp³-hybridized carbons (Fsp3) is 0.250. The van der Waals surface area contributed by atoms with E-state index in [1.807, 2.05) is 18.2 Å². The highest BCUT2D eigenvalue weighted by Crippen LogP contribution is 2.28. The molecule has 1 aliphatic rings. The van der Waals surface area contributed by atoms with Gasteiger partial charge in [0.2, 0.25) is 19.9 Å². The molecule has 1 N–H and O–H groups in total. The second-order valence-corrected chi connectivity index (χ2v) is 9.37. The molecular weight excluding hydrogens is 388 g/mol. The van der Waals surface area contributed by atoms with Gasteiger partial charge in [0, 0.05) is 13.0 Å². The van der Waals surface area contributed by atoms with Gasteiger partial charge in [0.25, 0.3) is 0 Å². The zero-order chi connectivity index (χ0) is 18.9. The molecular formula is C16H15F2NO5S2. The van der Waals surface area contributed by atoms with Crippen LogP contribution in [0.15, 0.2) is 58.3 Å². The molecule has 0 saturated carbocycles. The lowest BCUT2D eigenvalue weighted by atomic mass is 10.1. The highest BCUT2D eigenvalue weighted by molar-refractivity contribution is 7.91. The van der Waals surface area contributed by atoms with E-state index in [0.29, 0.717) is 12.2 Å². The van der Waals surface area contributed by atoms with Crippen molar-refractivity contribution in [3.05, 3.63) is 54.1 Å². The number of halogens is 2. The molecule has 1 heterocycles. The Morgan fingerprint density at radius 1 is 1.00 bits per heavy atom. The third kappa shape index (κ3) is 3.71. The first kappa shape index (κ1) is 18.7. The van der Waals surface area contributed by atoms with Crippen LogP contribution in [0, 0.1) is 0 Å². The summed E-state index contributed by atoms with van der Waals surface area (Å²) in [7, 11) is -8.69. The van der Waals surface area contributed by atoms with Gasteiger partial charge in [-0.25, -0.2) is 21.6 Å². The van der Waals surface area contributed by atoms with Crippen molar-refractivity contribution >= 4 is 19.9 Å². The number of hydrogen-bond acceptors (Lipinski definition) is 5. The number of rotatable bonds is 6. The lowest BCUT2D eigenvalue weighted by Crippen LogP contribution is -2.34. The number of sulfone groups is 1. The molecule has 0 spiro atoms. The molecule has 26 heavy (non-hydrogen) atoms. The molecule has 2 aromatic rings. The van der Waals surface area contributed by atoms with Crippen LogP contribution in [0.3, 0.4) is 0 Å². The van der Waals surface area contributed by atoms with E-state index in [1.54, 1.807) is 6.07 Å². The maximum Gasteiger partial charge on any atom is 0.341 e.